The van der Waals surface area contributed by atoms with Gasteiger partial charge >= 0.3 is 0 Å². The van der Waals surface area contributed by atoms with E-state index in [1.165, 1.54) is 18.2 Å². The molecule has 0 saturated heterocycles. The summed E-state index contributed by atoms with van der Waals surface area (Å²) < 4.78 is -1.92. The molecule has 0 unspecified atom stereocenters. The number of halogens is 3. The predicted octanol–water partition coefficient (Wildman–Crippen LogP) is 4.32. The summed E-state index contributed by atoms with van der Waals surface area (Å²) in [5.74, 6) is -0.458. The first kappa shape index (κ1) is 22.2. The number of nitro groups is 1. The molecule has 0 radical (unpaired) electrons. The van der Waals surface area contributed by atoms with Gasteiger partial charge in [-0.2, -0.15) is 0 Å². The molecule has 0 spiro atoms. The van der Waals surface area contributed by atoms with E-state index in [0.29, 0.717) is 11.3 Å². The Balaban J connectivity index is 2.11. The van der Waals surface area contributed by atoms with Gasteiger partial charge in [-0.25, -0.2) is 0 Å². The van der Waals surface area contributed by atoms with Crippen LogP contribution in [0.2, 0.25) is 0 Å². The van der Waals surface area contributed by atoms with Gasteiger partial charge in [0.05, 0.1) is 4.92 Å². The molecule has 0 saturated carbocycles. The molecule has 0 aliphatic rings. The van der Waals surface area contributed by atoms with Crippen molar-refractivity contribution in [2.45, 2.75) is 16.9 Å². The normalized spacial score (nSPS) is 12.0. The van der Waals surface area contributed by atoms with Crippen molar-refractivity contribution in [1.29, 1.82) is 0 Å². The molecule has 0 aromatic heterocycles. The zero-order valence-corrected chi connectivity index (χ0v) is 17.5. The van der Waals surface area contributed by atoms with E-state index in [2.05, 4.69) is 16.0 Å². The van der Waals surface area contributed by atoms with Crippen molar-refractivity contribution in [2.75, 3.05) is 5.32 Å². The fourth-order valence-electron chi connectivity index (χ4n) is 2.23. The van der Waals surface area contributed by atoms with Crippen molar-refractivity contribution < 1.29 is 9.72 Å². The Morgan fingerprint density at radius 1 is 1.14 bits per heavy atom. The molecule has 0 aliphatic heterocycles. The standard InChI is InChI=1S/C17H15Cl3N4O3S/c1-10-5-2-3-8-13(10)14(25)22-15(17(18,19)20)23-16(28)21-11-6-4-7-12(9-11)24(26)27/h2-9,15H,1H3,(H,22,25)(H2,21,23,28)/t15-/m0/s1. The van der Waals surface area contributed by atoms with Crippen LogP contribution in [0, 0.1) is 17.0 Å². The Hall–Kier alpha value is -2.13. The molecule has 0 fully saturated rings. The molecule has 3 N–H and O–H groups in total. The molecule has 2 aromatic carbocycles. The fraction of sp³-hybridized carbons (Fsp3) is 0.176. The number of alkyl halides is 3. The van der Waals surface area contributed by atoms with Crippen molar-refractivity contribution in [3.05, 3.63) is 69.8 Å². The zero-order chi connectivity index (χ0) is 20.9. The highest BCUT2D eigenvalue weighted by Gasteiger charge is 2.35. The summed E-state index contributed by atoms with van der Waals surface area (Å²) in [6.07, 6.45) is -1.16. The Morgan fingerprint density at radius 2 is 1.82 bits per heavy atom. The molecule has 2 rings (SSSR count). The van der Waals surface area contributed by atoms with Crippen LogP contribution >= 0.6 is 47.0 Å². The Bertz CT molecular complexity index is 905. The fourth-order valence-corrected chi connectivity index (χ4v) is 2.79. The van der Waals surface area contributed by atoms with Gasteiger partial charge in [0.15, 0.2) is 5.11 Å². The third-order valence-electron chi connectivity index (χ3n) is 3.58. The van der Waals surface area contributed by atoms with Gasteiger partial charge in [0.2, 0.25) is 3.79 Å². The van der Waals surface area contributed by atoms with Crippen molar-refractivity contribution in [2.24, 2.45) is 0 Å². The number of rotatable bonds is 5. The number of amides is 1. The first-order chi connectivity index (χ1) is 13.1. The van der Waals surface area contributed by atoms with Crippen molar-refractivity contribution in [3.8, 4) is 0 Å². The summed E-state index contributed by atoms with van der Waals surface area (Å²) in [5, 5.41) is 18.9. The highest BCUT2D eigenvalue weighted by molar-refractivity contribution is 7.80. The molecule has 0 aliphatic carbocycles. The lowest BCUT2D eigenvalue weighted by atomic mass is 10.1. The number of hydrogen-bond donors (Lipinski definition) is 3. The van der Waals surface area contributed by atoms with E-state index in [1.807, 2.05) is 0 Å². The first-order valence-corrected chi connectivity index (χ1v) is 9.37. The molecule has 0 bridgehead atoms. The van der Waals surface area contributed by atoms with Gasteiger partial charge in [0.1, 0.15) is 6.17 Å². The number of nitrogens with one attached hydrogen (secondary N) is 3. The number of hydrogen-bond acceptors (Lipinski definition) is 4. The first-order valence-electron chi connectivity index (χ1n) is 7.83. The minimum absolute atomic E-state index is 0.00177. The van der Waals surface area contributed by atoms with Crippen LogP contribution < -0.4 is 16.0 Å². The van der Waals surface area contributed by atoms with E-state index < -0.39 is 20.8 Å². The lowest BCUT2D eigenvalue weighted by molar-refractivity contribution is -0.384. The highest BCUT2D eigenvalue weighted by atomic mass is 35.6. The topological polar surface area (TPSA) is 96.3 Å². The summed E-state index contributed by atoms with van der Waals surface area (Å²) in [6.45, 7) is 1.78. The number of nitrogens with zero attached hydrogens (tertiary/aromatic N) is 1. The average molecular weight is 462 g/mol. The third-order valence-corrected chi connectivity index (χ3v) is 4.46. The van der Waals surface area contributed by atoms with Gasteiger partial charge in [-0.1, -0.05) is 59.1 Å². The lowest BCUT2D eigenvalue weighted by Crippen LogP contribution is -2.56. The van der Waals surface area contributed by atoms with Gasteiger partial charge in [-0.05, 0) is 36.8 Å². The van der Waals surface area contributed by atoms with Crippen LogP contribution in [0.25, 0.3) is 0 Å². The average Bonchev–Trinajstić information content (AvgIpc) is 2.60. The number of benzene rings is 2. The van der Waals surface area contributed by atoms with Crippen LogP contribution in [0.1, 0.15) is 15.9 Å². The molecule has 7 nitrogen and oxygen atoms in total. The van der Waals surface area contributed by atoms with E-state index in [9.17, 15) is 14.9 Å². The quantitative estimate of drug-likeness (QED) is 0.202. The molecule has 2 aromatic rings. The number of nitro benzene ring substituents is 1. The molecule has 11 heteroatoms. The number of thiocarbonyl (C=S) groups is 1. The smallest absolute Gasteiger partial charge is 0.271 e. The molecule has 28 heavy (non-hydrogen) atoms. The Morgan fingerprint density at radius 3 is 2.43 bits per heavy atom. The number of carbonyl (C=O) groups is 1. The van der Waals surface area contributed by atoms with Crippen molar-refractivity contribution in [3.63, 3.8) is 0 Å². The van der Waals surface area contributed by atoms with E-state index in [1.54, 1.807) is 37.3 Å². The van der Waals surface area contributed by atoms with E-state index >= 15 is 0 Å². The summed E-state index contributed by atoms with van der Waals surface area (Å²) in [4.78, 5) is 22.8. The van der Waals surface area contributed by atoms with Gasteiger partial charge in [0.25, 0.3) is 11.6 Å². The van der Waals surface area contributed by atoms with Crippen molar-refractivity contribution in [1.82, 2.24) is 10.6 Å². The van der Waals surface area contributed by atoms with Gasteiger partial charge in [-0.3, -0.25) is 14.9 Å². The molecule has 0 heterocycles. The summed E-state index contributed by atoms with van der Waals surface area (Å²) in [6, 6.07) is 12.6. The van der Waals surface area contributed by atoms with Crippen LogP contribution in [0.3, 0.4) is 0 Å². The van der Waals surface area contributed by atoms with Gasteiger partial charge in [-0.15, -0.1) is 0 Å². The minimum atomic E-state index is -1.92. The van der Waals surface area contributed by atoms with Crippen molar-refractivity contribution >= 4 is 69.4 Å². The van der Waals surface area contributed by atoms with Crippen LogP contribution in [0.4, 0.5) is 11.4 Å². The van der Waals surface area contributed by atoms with Crippen LogP contribution in [-0.2, 0) is 0 Å². The second kappa shape index (κ2) is 9.38. The lowest BCUT2D eigenvalue weighted by Gasteiger charge is -2.28. The number of non-ortho nitro benzene ring substituents is 1. The number of carbonyl (C=O) groups excluding carboxylic acids is 1. The van der Waals surface area contributed by atoms with Gasteiger partial charge in [0, 0.05) is 23.4 Å². The van der Waals surface area contributed by atoms with E-state index in [0.717, 1.165) is 5.56 Å². The highest BCUT2D eigenvalue weighted by Crippen LogP contribution is 2.29. The maximum absolute atomic E-state index is 12.5. The summed E-state index contributed by atoms with van der Waals surface area (Å²) in [7, 11) is 0. The second-order valence-corrected chi connectivity index (χ2v) is 8.45. The van der Waals surface area contributed by atoms with Crippen LogP contribution in [0.5, 0.6) is 0 Å². The number of anilines is 1. The van der Waals surface area contributed by atoms with Crippen LogP contribution in [0.15, 0.2) is 48.5 Å². The van der Waals surface area contributed by atoms with Crippen LogP contribution in [-0.4, -0.2) is 25.9 Å². The molecule has 1 atom stereocenters. The predicted molar refractivity (Wildman–Crippen MR) is 115 cm³/mol. The monoisotopic (exact) mass is 460 g/mol. The Kier molecular flexibility index (Phi) is 7.42. The van der Waals surface area contributed by atoms with E-state index in [-0.39, 0.29) is 10.8 Å². The number of aryl methyl sites for hydroxylation is 1. The molecular weight excluding hydrogens is 447 g/mol. The third kappa shape index (κ3) is 6.20. The van der Waals surface area contributed by atoms with E-state index in [4.69, 9.17) is 47.0 Å². The molecule has 1 amide bonds. The maximum Gasteiger partial charge on any atom is 0.271 e. The van der Waals surface area contributed by atoms with Gasteiger partial charge < -0.3 is 16.0 Å². The molecular formula is C17H15Cl3N4O3S. The zero-order valence-electron chi connectivity index (χ0n) is 14.4. The minimum Gasteiger partial charge on any atom is -0.339 e. The molecule has 148 valence electrons. The second-order valence-electron chi connectivity index (χ2n) is 5.67. The summed E-state index contributed by atoms with van der Waals surface area (Å²) in [5.41, 5.74) is 1.42. The Labute approximate surface area is 181 Å². The summed E-state index contributed by atoms with van der Waals surface area (Å²) >= 11 is 23.1. The maximum atomic E-state index is 12.5. The SMILES string of the molecule is Cc1ccccc1C(=O)N[C@@H](NC(=S)Nc1cccc([N+](=O)[O-])c1)C(Cl)(Cl)Cl. The largest absolute Gasteiger partial charge is 0.339 e.